The van der Waals surface area contributed by atoms with E-state index in [4.69, 9.17) is 18.9 Å². The van der Waals surface area contributed by atoms with E-state index in [2.05, 4.69) is 10.1 Å². The fourth-order valence-corrected chi connectivity index (χ4v) is 5.15. The standard InChI is InChI=1S/C24H26N4O6S/c1-12-19(23(30)34-7)20(15-11-25-27(3)13(15)2)28-22(29)18(35-24(28)26-12)10-14-8-16(31-4)21(33-6)17(9-14)32-5/h8-11,20H,1-7H3. The van der Waals surface area contributed by atoms with E-state index in [1.165, 1.54) is 44.3 Å². The van der Waals surface area contributed by atoms with Crippen LogP contribution in [0.25, 0.3) is 6.08 Å². The lowest BCUT2D eigenvalue weighted by Gasteiger charge is -2.23. The number of benzene rings is 1. The number of hydrogen-bond acceptors (Lipinski definition) is 9. The van der Waals surface area contributed by atoms with Gasteiger partial charge in [0.1, 0.15) is 6.04 Å². The summed E-state index contributed by atoms with van der Waals surface area (Å²) < 4.78 is 25.0. The molecule has 11 heteroatoms. The third-order valence-electron chi connectivity index (χ3n) is 5.98. The third kappa shape index (κ3) is 4.01. The van der Waals surface area contributed by atoms with E-state index < -0.39 is 12.0 Å². The number of carbonyl (C=O) groups excluding carboxylic acids is 1. The maximum atomic E-state index is 13.7. The number of methoxy groups -OCH3 is 4. The monoisotopic (exact) mass is 498 g/mol. The molecule has 2 aromatic heterocycles. The Hall–Kier alpha value is -3.86. The number of aryl methyl sites for hydroxylation is 1. The molecule has 0 radical (unpaired) electrons. The maximum Gasteiger partial charge on any atom is 0.338 e. The summed E-state index contributed by atoms with van der Waals surface area (Å²) in [5.74, 6) is 0.856. The Morgan fingerprint density at radius 2 is 1.74 bits per heavy atom. The van der Waals surface area contributed by atoms with Crippen molar-refractivity contribution >= 4 is 23.4 Å². The van der Waals surface area contributed by atoms with Gasteiger partial charge < -0.3 is 18.9 Å². The highest BCUT2D eigenvalue weighted by Crippen LogP contribution is 2.38. The number of fused-ring (bicyclic) bond motifs is 1. The topological polar surface area (TPSA) is 106 Å². The van der Waals surface area contributed by atoms with Crippen LogP contribution in [0.4, 0.5) is 0 Å². The Labute approximate surface area is 205 Å². The molecule has 0 fully saturated rings. The normalized spacial score (nSPS) is 15.5. The van der Waals surface area contributed by atoms with Crippen LogP contribution < -0.4 is 29.1 Å². The molecule has 3 heterocycles. The molecular formula is C24H26N4O6S. The summed E-state index contributed by atoms with van der Waals surface area (Å²) in [4.78, 5) is 31.5. The number of allylic oxidation sites excluding steroid dienone is 1. The molecular weight excluding hydrogens is 472 g/mol. The van der Waals surface area contributed by atoms with Gasteiger partial charge in [-0.25, -0.2) is 9.79 Å². The van der Waals surface area contributed by atoms with Crippen LogP contribution in [0.1, 0.15) is 29.8 Å². The van der Waals surface area contributed by atoms with Crippen LogP contribution in [0.15, 0.2) is 39.4 Å². The highest BCUT2D eigenvalue weighted by Gasteiger charge is 2.35. The van der Waals surface area contributed by atoms with E-state index in [0.29, 0.717) is 43.4 Å². The van der Waals surface area contributed by atoms with Gasteiger partial charge in [-0.3, -0.25) is 14.0 Å². The van der Waals surface area contributed by atoms with Gasteiger partial charge >= 0.3 is 5.97 Å². The average Bonchev–Trinajstić information content (AvgIpc) is 3.34. The van der Waals surface area contributed by atoms with Crippen molar-refractivity contribution in [3.05, 3.63) is 66.1 Å². The molecule has 0 amide bonds. The second kappa shape index (κ2) is 9.41. The molecule has 0 bridgehead atoms. The SMILES string of the molecule is COC(=O)C1=C(C)N=c2sc(=Cc3cc(OC)c(OC)c(OC)c3)c(=O)n2C1c1cnn(C)c1C. The van der Waals surface area contributed by atoms with Crippen LogP contribution in [-0.2, 0) is 16.6 Å². The summed E-state index contributed by atoms with van der Waals surface area (Å²) in [5, 5.41) is 4.32. The minimum absolute atomic E-state index is 0.287. The molecule has 3 aromatic rings. The first-order valence-electron chi connectivity index (χ1n) is 10.6. The zero-order valence-electron chi connectivity index (χ0n) is 20.5. The van der Waals surface area contributed by atoms with Crippen molar-refractivity contribution in [1.82, 2.24) is 14.3 Å². The van der Waals surface area contributed by atoms with Crippen molar-refractivity contribution < 1.29 is 23.7 Å². The molecule has 0 N–H and O–H groups in total. The number of carbonyl (C=O) groups is 1. The van der Waals surface area contributed by atoms with Gasteiger partial charge in [-0.1, -0.05) is 11.3 Å². The fraction of sp³-hybridized carbons (Fsp3) is 0.333. The van der Waals surface area contributed by atoms with Crippen molar-refractivity contribution in [3.8, 4) is 17.2 Å². The lowest BCUT2D eigenvalue weighted by Crippen LogP contribution is -2.40. The molecule has 10 nitrogen and oxygen atoms in total. The molecule has 0 aliphatic carbocycles. The Balaban J connectivity index is 1.98. The number of hydrogen-bond donors (Lipinski definition) is 0. The number of nitrogens with zero attached hydrogens (tertiary/aromatic N) is 4. The highest BCUT2D eigenvalue weighted by molar-refractivity contribution is 7.07. The number of ether oxygens (including phenoxy) is 4. The number of thiazole rings is 1. The first kappa shape index (κ1) is 24.3. The minimum Gasteiger partial charge on any atom is -0.493 e. The van der Waals surface area contributed by atoms with Gasteiger partial charge in [-0.15, -0.1) is 0 Å². The lowest BCUT2D eigenvalue weighted by atomic mass is 9.96. The second-order valence-corrected chi connectivity index (χ2v) is 8.85. The fourth-order valence-electron chi connectivity index (χ4n) is 4.11. The Morgan fingerprint density at radius 1 is 1.09 bits per heavy atom. The zero-order chi connectivity index (χ0) is 25.4. The lowest BCUT2D eigenvalue weighted by molar-refractivity contribution is -0.136. The van der Waals surface area contributed by atoms with Gasteiger partial charge in [0.05, 0.1) is 50.4 Å². The van der Waals surface area contributed by atoms with E-state index in [0.717, 1.165) is 11.3 Å². The summed E-state index contributed by atoms with van der Waals surface area (Å²) in [6.07, 6.45) is 3.40. The molecule has 1 aliphatic heterocycles. The minimum atomic E-state index is -0.713. The van der Waals surface area contributed by atoms with Crippen LogP contribution >= 0.6 is 11.3 Å². The van der Waals surface area contributed by atoms with Gasteiger partial charge in [-0.2, -0.15) is 5.10 Å². The predicted octanol–water partition coefficient (Wildman–Crippen LogP) is 1.48. The predicted molar refractivity (Wildman–Crippen MR) is 130 cm³/mol. The summed E-state index contributed by atoms with van der Waals surface area (Å²) in [5.41, 5.74) is 2.74. The van der Waals surface area contributed by atoms with Gasteiger partial charge in [0.25, 0.3) is 5.56 Å². The number of esters is 1. The van der Waals surface area contributed by atoms with Crippen molar-refractivity contribution in [2.24, 2.45) is 12.0 Å². The summed E-state index contributed by atoms with van der Waals surface area (Å²) >= 11 is 1.23. The first-order chi connectivity index (χ1) is 16.7. The Kier molecular flexibility index (Phi) is 6.53. The van der Waals surface area contributed by atoms with Gasteiger partial charge in [-0.05, 0) is 37.6 Å². The molecule has 4 rings (SSSR count). The highest BCUT2D eigenvalue weighted by atomic mass is 32.1. The van der Waals surface area contributed by atoms with Crippen molar-refractivity contribution in [2.75, 3.05) is 28.4 Å². The van der Waals surface area contributed by atoms with Crippen molar-refractivity contribution in [1.29, 1.82) is 0 Å². The van der Waals surface area contributed by atoms with Crippen LogP contribution in [0.5, 0.6) is 17.2 Å². The molecule has 0 saturated carbocycles. The van der Waals surface area contributed by atoms with Gasteiger partial charge in [0.15, 0.2) is 16.3 Å². The number of rotatable bonds is 6. The molecule has 0 saturated heterocycles. The number of aromatic nitrogens is 3. The summed E-state index contributed by atoms with van der Waals surface area (Å²) in [6, 6.07) is 2.80. The Bertz CT molecular complexity index is 1500. The smallest absolute Gasteiger partial charge is 0.338 e. The van der Waals surface area contributed by atoms with Crippen LogP contribution in [0.2, 0.25) is 0 Å². The maximum absolute atomic E-state index is 13.7. The van der Waals surface area contributed by atoms with E-state index in [1.807, 2.05) is 6.92 Å². The second-order valence-electron chi connectivity index (χ2n) is 7.84. The average molecular weight is 499 g/mol. The molecule has 1 unspecified atom stereocenters. The molecule has 1 atom stereocenters. The van der Waals surface area contributed by atoms with Crippen molar-refractivity contribution in [3.63, 3.8) is 0 Å². The van der Waals surface area contributed by atoms with Crippen LogP contribution in [0.3, 0.4) is 0 Å². The van der Waals surface area contributed by atoms with E-state index >= 15 is 0 Å². The van der Waals surface area contributed by atoms with Gasteiger partial charge in [0, 0.05) is 18.3 Å². The largest absolute Gasteiger partial charge is 0.493 e. The molecule has 1 aromatic carbocycles. The zero-order valence-corrected chi connectivity index (χ0v) is 21.3. The van der Waals surface area contributed by atoms with Crippen LogP contribution in [-0.4, -0.2) is 48.8 Å². The molecule has 35 heavy (non-hydrogen) atoms. The van der Waals surface area contributed by atoms with E-state index in [-0.39, 0.29) is 5.56 Å². The van der Waals surface area contributed by atoms with Crippen LogP contribution in [0, 0.1) is 6.92 Å². The molecule has 184 valence electrons. The summed E-state index contributed by atoms with van der Waals surface area (Å²) in [7, 11) is 7.71. The molecule has 0 spiro atoms. The summed E-state index contributed by atoms with van der Waals surface area (Å²) in [6.45, 7) is 3.62. The Morgan fingerprint density at radius 3 is 2.26 bits per heavy atom. The van der Waals surface area contributed by atoms with E-state index in [9.17, 15) is 9.59 Å². The quantitative estimate of drug-likeness (QED) is 0.474. The first-order valence-corrected chi connectivity index (χ1v) is 11.5. The van der Waals surface area contributed by atoms with E-state index in [1.54, 1.807) is 43.1 Å². The van der Waals surface area contributed by atoms with Crippen molar-refractivity contribution in [2.45, 2.75) is 19.9 Å². The van der Waals surface area contributed by atoms with Gasteiger partial charge in [0.2, 0.25) is 5.75 Å². The molecule has 1 aliphatic rings. The third-order valence-corrected chi connectivity index (χ3v) is 6.96.